The summed E-state index contributed by atoms with van der Waals surface area (Å²) in [5.41, 5.74) is 1.30. The lowest BCUT2D eigenvalue weighted by molar-refractivity contribution is -0.193. The minimum Gasteiger partial charge on any atom is -0.475 e. The number of hydrogen-bond acceptors (Lipinski definition) is 7. The molecule has 38 heavy (non-hydrogen) atoms. The molecular formula is C23H27F6N3O5S. The monoisotopic (exact) mass is 571 g/mol. The minimum absolute atomic E-state index is 0.387. The normalized spacial score (nSPS) is 20.6. The number of aromatic nitrogens is 1. The van der Waals surface area contributed by atoms with Gasteiger partial charge in [0.25, 0.3) is 0 Å². The fourth-order valence-corrected chi connectivity index (χ4v) is 4.59. The molecule has 0 unspecified atom stereocenters. The number of carboxylic acid groups (broad SMARTS) is 2. The third-order valence-corrected chi connectivity index (χ3v) is 6.45. The van der Waals surface area contributed by atoms with Gasteiger partial charge in [-0.05, 0) is 36.0 Å². The summed E-state index contributed by atoms with van der Waals surface area (Å²) in [6, 6.07) is 8.57. The number of halogens is 6. The maximum Gasteiger partial charge on any atom is 0.490 e. The molecule has 0 bridgehead atoms. The van der Waals surface area contributed by atoms with Crippen molar-refractivity contribution in [2.45, 2.75) is 38.0 Å². The summed E-state index contributed by atoms with van der Waals surface area (Å²) in [5, 5.41) is 16.4. The molecule has 2 aliphatic heterocycles. The molecule has 15 heteroatoms. The minimum atomic E-state index is -5.08. The molecule has 4 heterocycles. The van der Waals surface area contributed by atoms with Crippen molar-refractivity contribution < 1.29 is 50.9 Å². The smallest absolute Gasteiger partial charge is 0.475 e. The molecule has 2 saturated heterocycles. The van der Waals surface area contributed by atoms with Gasteiger partial charge < -0.3 is 14.9 Å². The van der Waals surface area contributed by atoms with Crippen LogP contribution in [-0.4, -0.2) is 88.2 Å². The summed E-state index contributed by atoms with van der Waals surface area (Å²) in [6.45, 7) is 7.32. The molecular weight excluding hydrogens is 544 g/mol. The van der Waals surface area contributed by atoms with Gasteiger partial charge in [-0.3, -0.25) is 14.8 Å². The quantitative estimate of drug-likeness (QED) is 0.529. The Labute approximate surface area is 218 Å². The summed E-state index contributed by atoms with van der Waals surface area (Å²) in [6.07, 6.45) is -4.72. The van der Waals surface area contributed by atoms with Crippen molar-refractivity contribution in [1.29, 1.82) is 0 Å². The highest BCUT2D eigenvalue weighted by molar-refractivity contribution is 7.09. The van der Waals surface area contributed by atoms with E-state index in [0.717, 1.165) is 39.3 Å². The van der Waals surface area contributed by atoms with E-state index in [1.807, 2.05) is 29.8 Å². The lowest BCUT2D eigenvalue weighted by Crippen LogP contribution is -2.46. The largest absolute Gasteiger partial charge is 0.490 e. The van der Waals surface area contributed by atoms with Crippen molar-refractivity contribution in [3.8, 4) is 0 Å². The van der Waals surface area contributed by atoms with Crippen LogP contribution in [0.15, 0.2) is 42.0 Å². The number of likely N-dealkylation sites (tertiary alicyclic amines) is 1. The van der Waals surface area contributed by atoms with Crippen LogP contribution in [0.5, 0.6) is 0 Å². The van der Waals surface area contributed by atoms with Crippen molar-refractivity contribution >= 4 is 23.3 Å². The van der Waals surface area contributed by atoms with Crippen molar-refractivity contribution in [2.24, 2.45) is 5.92 Å². The zero-order valence-corrected chi connectivity index (χ0v) is 20.8. The average Bonchev–Trinajstić information content (AvgIpc) is 3.25. The highest BCUT2D eigenvalue weighted by Gasteiger charge is 2.39. The maximum absolute atomic E-state index is 10.6. The number of aliphatic carboxylic acids is 2. The molecule has 0 radical (unpaired) electrons. The van der Waals surface area contributed by atoms with Gasteiger partial charge in [-0.15, -0.1) is 11.3 Å². The Morgan fingerprint density at radius 1 is 0.974 bits per heavy atom. The highest BCUT2D eigenvalue weighted by atomic mass is 32.1. The van der Waals surface area contributed by atoms with Gasteiger partial charge in [0.2, 0.25) is 0 Å². The standard InChI is InChI=1S/C19H25N3OS.2C2HF3O2/c1-3-16(11-20-6-1)12-22-8-9-23-19-15-21(7-5-17(19)13-22)14-18-4-2-10-24-18;2*3-2(4,5)1(6)7/h1-4,6,10-11,17,19H,5,7-9,12-15H2;2*(H,6,7)/t17-,19-;;/m1../s1. The average molecular weight is 572 g/mol. The molecule has 0 aliphatic carbocycles. The van der Waals surface area contributed by atoms with Crippen LogP contribution in [0.3, 0.4) is 0 Å². The number of ether oxygens (including phenoxy) is 1. The molecule has 2 atom stereocenters. The van der Waals surface area contributed by atoms with Gasteiger partial charge in [0.1, 0.15) is 0 Å². The van der Waals surface area contributed by atoms with Crippen LogP contribution in [0.4, 0.5) is 26.3 Å². The molecule has 2 fully saturated rings. The molecule has 8 nitrogen and oxygen atoms in total. The fraction of sp³-hybridized carbons (Fsp3) is 0.522. The van der Waals surface area contributed by atoms with E-state index in [4.69, 9.17) is 24.5 Å². The van der Waals surface area contributed by atoms with Gasteiger partial charge in [0.15, 0.2) is 0 Å². The first-order valence-electron chi connectivity index (χ1n) is 11.3. The predicted molar refractivity (Wildman–Crippen MR) is 124 cm³/mol. The summed E-state index contributed by atoms with van der Waals surface area (Å²) < 4.78 is 69.7. The van der Waals surface area contributed by atoms with Gasteiger partial charge in [0.05, 0.1) is 12.7 Å². The van der Waals surface area contributed by atoms with Gasteiger partial charge in [-0.2, -0.15) is 26.3 Å². The molecule has 2 N–H and O–H groups in total. The number of carbonyl (C=O) groups is 2. The number of rotatable bonds is 4. The second kappa shape index (κ2) is 14.4. The number of alkyl halides is 6. The Hall–Kier alpha value is -2.75. The number of fused-ring (bicyclic) bond motifs is 1. The van der Waals surface area contributed by atoms with E-state index in [9.17, 15) is 26.3 Å². The molecule has 212 valence electrons. The van der Waals surface area contributed by atoms with E-state index in [0.29, 0.717) is 12.0 Å². The first-order chi connectivity index (χ1) is 17.8. The molecule has 0 aromatic carbocycles. The highest BCUT2D eigenvalue weighted by Crippen LogP contribution is 2.26. The second-order valence-corrected chi connectivity index (χ2v) is 9.51. The van der Waals surface area contributed by atoms with E-state index in [1.54, 1.807) is 0 Å². The number of nitrogens with zero attached hydrogens (tertiary/aromatic N) is 3. The SMILES string of the molecule is O=C(O)C(F)(F)F.O=C(O)C(F)(F)F.c1cncc(CN2CCO[C@@H]3CN(Cc4cccs4)CC[C@@H]3C2)c1. The topological polar surface area (TPSA) is 103 Å². The summed E-state index contributed by atoms with van der Waals surface area (Å²) in [5.74, 6) is -4.86. The second-order valence-electron chi connectivity index (χ2n) is 8.47. The van der Waals surface area contributed by atoms with E-state index < -0.39 is 24.3 Å². The van der Waals surface area contributed by atoms with Crippen LogP contribution >= 0.6 is 11.3 Å². The first-order valence-corrected chi connectivity index (χ1v) is 12.2. The Bertz CT molecular complexity index is 968. The van der Waals surface area contributed by atoms with Gasteiger partial charge in [0, 0.05) is 55.9 Å². The van der Waals surface area contributed by atoms with Crippen LogP contribution in [0.2, 0.25) is 0 Å². The van der Waals surface area contributed by atoms with Gasteiger partial charge >= 0.3 is 24.3 Å². The Morgan fingerprint density at radius 2 is 1.61 bits per heavy atom. The van der Waals surface area contributed by atoms with Crippen molar-refractivity contribution in [2.75, 3.05) is 32.8 Å². The number of carboxylic acids is 2. The van der Waals surface area contributed by atoms with E-state index in [1.165, 1.54) is 23.4 Å². The Balaban J connectivity index is 0.000000301. The fourth-order valence-electron chi connectivity index (χ4n) is 3.84. The van der Waals surface area contributed by atoms with Crippen LogP contribution in [0.1, 0.15) is 16.9 Å². The van der Waals surface area contributed by atoms with Crippen molar-refractivity contribution in [3.05, 3.63) is 52.5 Å². The Morgan fingerprint density at radius 3 is 2.13 bits per heavy atom. The molecule has 4 rings (SSSR count). The van der Waals surface area contributed by atoms with E-state index in [-0.39, 0.29) is 0 Å². The summed E-state index contributed by atoms with van der Waals surface area (Å²) in [7, 11) is 0. The maximum atomic E-state index is 10.6. The number of hydrogen-bond donors (Lipinski definition) is 2. The number of thiophene rings is 1. The van der Waals surface area contributed by atoms with Crippen LogP contribution < -0.4 is 0 Å². The molecule has 2 aliphatic rings. The molecule has 2 aromatic heterocycles. The third kappa shape index (κ3) is 11.3. The zero-order chi connectivity index (χ0) is 28.3. The first kappa shape index (κ1) is 31.5. The van der Waals surface area contributed by atoms with E-state index >= 15 is 0 Å². The predicted octanol–water partition coefficient (Wildman–Crippen LogP) is 4.13. The summed E-state index contributed by atoms with van der Waals surface area (Å²) >= 11 is 1.86. The van der Waals surface area contributed by atoms with Gasteiger partial charge in [-0.1, -0.05) is 12.1 Å². The summed E-state index contributed by atoms with van der Waals surface area (Å²) in [4.78, 5) is 28.6. The molecule has 0 saturated carbocycles. The zero-order valence-electron chi connectivity index (χ0n) is 20.0. The van der Waals surface area contributed by atoms with Crippen molar-refractivity contribution in [1.82, 2.24) is 14.8 Å². The van der Waals surface area contributed by atoms with Crippen molar-refractivity contribution in [3.63, 3.8) is 0 Å². The molecule has 2 aromatic rings. The lowest BCUT2D eigenvalue weighted by Gasteiger charge is -2.37. The number of piperidine rings is 1. The molecule has 0 amide bonds. The Kier molecular flexibility index (Phi) is 11.9. The lowest BCUT2D eigenvalue weighted by atomic mass is 9.93. The van der Waals surface area contributed by atoms with Gasteiger partial charge in [-0.25, -0.2) is 9.59 Å². The van der Waals surface area contributed by atoms with Crippen LogP contribution in [-0.2, 0) is 27.4 Å². The van der Waals surface area contributed by atoms with Crippen LogP contribution in [0, 0.1) is 5.92 Å². The van der Waals surface area contributed by atoms with E-state index in [2.05, 4.69) is 38.4 Å². The van der Waals surface area contributed by atoms with Crippen LogP contribution in [0.25, 0.3) is 0 Å². The number of pyridine rings is 1. The third-order valence-electron chi connectivity index (χ3n) is 5.59. The molecule has 0 spiro atoms.